The predicted molar refractivity (Wildman–Crippen MR) is 72.9 cm³/mol. The number of fused-ring (bicyclic) bond motifs is 1. The average molecular weight is 263 g/mol. The van der Waals surface area contributed by atoms with E-state index in [1.54, 1.807) is 0 Å². The molecule has 1 atom stereocenters. The second-order valence-electron chi connectivity index (χ2n) is 4.47. The zero-order chi connectivity index (χ0) is 12.4. The maximum Gasteiger partial charge on any atom is 0.0706 e. The van der Waals surface area contributed by atoms with Gasteiger partial charge in [-0.3, -0.25) is 4.98 Å². The lowest BCUT2D eigenvalue weighted by atomic mass is 10.00. The maximum atomic E-state index is 6.09. The molecule has 0 amide bonds. The topological polar surface area (TPSA) is 34.1 Å². The first-order chi connectivity index (χ1) is 8.84. The SMILES string of the molecule is Clc1ccc2nccc(C3CCOCCN3)c2c1. The Balaban J connectivity index is 2.06. The molecule has 1 fully saturated rings. The van der Waals surface area contributed by atoms with Crippen molar-refractivity contribution < 1.29 is 4.74 Å². The molecule has 3 nitrogen and oxygen atoms in total. The van der Waals surface area contributed by atoms with Crippen molar-refractivity contribution >= 4 is 22.5 Å². The molecule has 1 aliphatic heterocycles. The van der Waals surface area contributed by atoms with Crippen LogP contribution in [0.25, 0.3) is 10.9 Å². The summed E-state index contributed by atoms with van der Waals surface area (Å²) < 4.78 is 5.48. The van der Waals surface area contributed by atoms with Gasteiger partial charge >= 0.3 is 0 Å². The van der Waals surface area contributed by atoms with Gasteiger partial charge in [-0.2, -0.15) is 0 Å². The molecule has 2 heterocycles. The molecule has 3 rings (SSSR count). The van der Waals surface area contributed by atoms with E-state index in [0.717, 1.165) is 42.1 Å². The van der Waals surface area contributed by atoms with E-state index in [2.05, 4.69) is 16.4 Å². The number of hydrogen-bond acceptors (Lipinski definition) is 3. The van der Waals surface area contributed by atoms with Crippen LogP contribution >= 0.6 is 11.6 Å². The monoisotopic (exact) mass is 262 g/mol. The molecule has 94 valence electrons. The highest BCUT2D eigenvalue weighted by atomic mass is 35.5. The van der Waals surface area contributed by atoms with Crippen LogP contribution in [0.3, 0.4) is 0 Å². The molecule has 1 N–H and O–H groups in total. The fourth-order valence-corrected chi connectivity index (χ4v) is 2.59. The smallest absolute Gasteiger partial charge is 0.0706 e. The molecule has 0 bridgehead atoms. The van der Waals surface area contributed by atoms with Crippen molar-refractivity contribution in [3.05, 3.63) is 41.0 Å². The number of halogens is 1. The average Bonchev–Trinajstić information content (AvgIpc) is 2.67. The van der Waals surface area contributed by atoms with Crippen LogP contribution in [-0.4, -0.2) is 24.7 Å². The van der Waals surface area contributed by atoms with Gasteiger partial charge in [0.25, 0.3) is 0 Å². The molecular formula is C14H15ClN2O. The van der Waals surface area contributed by atoms with Gasteiger partial charge in [0.1, 0.15) is 0 Å². The Bertz CT molecular complexity index is 550. The molecule has 1 aliphatic rings. The van der Waals surface area contributed by atoms with Gasteiger partial charge in [0.15, 0.2) is 0 Å². The van der Waals surface area contributed by atoms with Gasteiger partial charge in [-0.05, 0) is 36.2 Å². The summed E-state index contributed by atoms with van der Waals surface area (Å²) in [6.07, 6.45) is 2.84. The summed E-state index contributed by atoms with van der Waals surface area (Å²) >= 11 is 6.09. The highest BCUT2D eigenvalue weighted by Gasteiger charge is 2.16. The molecule has 18 heavy (non-hydrogen) atoms. The van der Waals surface area contributed by atoms with Crippen molar-refractivity contribution in [2.24, 2.45) is 0 Å². The van der Waals surface area contributed by atoms with E-state index in [1.807, 2.05) is 24.4 Å². The number of hydrogen-bond donors (Lipinski definition) is 1. The summed E-state index contributed by atoms with van der Waals surface area (Å²) in [5.41, 5.74) is 2.25. The first-order valence-electron chi connectivity index (χ1n) is 6.20. The first kappa shape index (κ1) is 11.9. The van der Waals surface area contributed by atoms with Crippen LogP contribution in [0.5, 0.6) is 0 Å². The number of benzene rings is 1. The van der Waals surface area contributed by atoms with Crippen molar-refractivity contribution in [2.75, 3.05) is 19.8 Å². The fraction of sp³-hybridized carbons (Fsp3) is 0.357. The van der Waals surface area contributed by atoms with Gasteiger partial charge in [-0.15, -0.1) is 0 Å². The first-order valence-corrected chi connectivity index (χ1v) is 6.58. The lowest BCUT2D eigenvalue weighted by molar-refractivity contribution is 0.150. The summed E-state index contributed by atoms with van der Waals surface area (Å²) in [4.78, 5) is 4.38. The minimum Gasteiger partial charge on any atom is -0.380 e. The van der Waals surface area contributed by atoms with E-state index in [-0.39, 0.29) is 0 Å². The van der Waals surface area contributed by atoms with Gasteiger partial charge in [0.2, 0.25) is 0 Å². The van der Waals surface area contributed by atoms with Gasteiger partial charge in [-0.25, -0.2) is 0 Å². The van der Waals surface area contributed by atoms with Crippen molar-refractivity contribution in [3.63, 3.8) is 0 Å². The van der Waals surface area contributed by atoms with Crippen molar-refractivity contribution in [3.8, 4) is 0 Å². The number of nitrogens with one attached hydrogen (secondary N) is 1. The Hall–Kier alpha value is -1.16. The lowest BCUT2D eigenvalue weighted by Gasteiger charge is -2.17. The molecule has 2 aromatic rings. The van der Waals surface area contributed by atoms with E-state index in [9.17, 15) is 0 Å². The van der Waals surface area contributed by atoms with Crippen LogP contribution in [0.1, 0.15) is 18.0 Å². The minimum atomic E-state index is 0.316. The number of aromatic nitrogens is 1. The van der Waals surface area contributed by atoms with E-state index < -0.39 is 0 Å². The minimum absolute atomic E-state index is 0.316. The van der Waals surface area contributed by atoms with Crippen LogP contribution in [0.2, 0.25) is 5.02 Å². The second-order valence-corrected chi connectivity index (χ2v) is 4.91. The summed E-state index contributed by atoms with van der Waals surface area (Å²) in [7, 11) is 0. The fourth-order valence-electron chi connectivity index (χ4n) is 2.42. The van der Waals surface area contributed by atoms with Gasteiger partial charge in [-0.1, -0.05) is 11.6 Å². The van der Waals surface area contributed by atoms with E-state index >= 15 is 0 Å². The van der Waals surface area contributed by atoms with Crippen molar-refractivity contribution in [1.82, 2.24) is 10.3 Å². The van der Waals surface area contributed by atoms with Gasteiger partial charge in [0.05, 0.1) is 12.1 Å². The highest BCUT2D eigenvalue weighted by molar-refractivity contribution is 6.31. The number of nitrogens with zero attached hydrogens (tertiary/aromatic N) is 1. The molecular weight excluding hydrogens is 248 g/mol. The van der Waals surface area contributed by atoms with Crippen LogP contribution in [-0.2, 0) is 4.74 Å². The Morgan fingerprint density at radius 3 is 3.17 bits per heavy atom. The normalized spacial score (nSPS) is 20.8. The van der Waals surface area contributed by atoms with Crippen LogP contribution in [0.4, 0.5) is 0 Å². The van der Waals surface area contributed by atoms with E-state index in [0.29, 0.717) is 6.04 Å². The molecule has 4 heteroatoms. The predicted octanol–water partition coefficient (Wildman–Crippen LogP) is 2.94. The standard InChI is InChI=1S/C14H15ClN2O/c15-10-1-2-13-12(9-10)11(3-5-16-13)14-4-7-18-8-6-17-14/h1-3,5,9,14,17H,4,6-8H2. The molecule has 0 aliphatic carbocycles. The number of ether oxygens (including phenoxy) is 1. The largest absolute Gasteiger partial charge is 0.380 e. The van der Waals surface area contributed by atoms with Crippen molar-refractivity contribution in [2.45, 2.75) is 12.5 Å². The molecule has 1 aromatic carbocycles. The molecule has 0 saturated carbocycles. The maximum absolute atomic E-state index is 6.09. The number of pyridine rings is 1. The van der Waals surface area contributed by atoms with Crippen molar-refractivity contribution in [1.29, 1.82) is 0 Å². The Labute approximate surface area is 111 Å². The molecule has 1 unspecified atom stereocenters. The lowest BCUT2D eigenvalue weighted by Crippen LogP contribution is -2.22. The Morgan fingerprint density at radius 2 is 2.22 bits per heavy atom. The summed E-state index contributed by atoms with van der Waals surface area (Å²) in [6.45, 7) is 2.46. The zero-order valence-corrected chi connectivity index (χ0v) is 10.8. The Morgan fingerprint density at radius 1 is 1.28 bits per heavy atom. The zero-order valence-electron chi connectivity index (χ0n) is 10.0. The summed E-state index contributed by atoms with van der Waals surface area (Å²) in [6, 6.07) is 8.23. The third-order valence-corrected chi connectivity index (χ3v) is 3.54. The Kier molecular flexibility index (Phi) is 3.46. The van der Waals surface area contributed by atoms with E-state index in [1.165, 1.54) is 5.56 Å². The second kappa shape index (κ2) is 5.22. The van der Waals surface area contributed by atoms with E-state index in [4.69, 9.17) is 16.3 Å². The highest BCUT2D eigenvalue weighted by Crippen LogP contribution is 2.27. The quantitative estimate of drug-likeness (QED) is 0.858. The van der Waals surface area contributed by atoms with Gasteiger partial charge in [0, 0.05) is 35.8 Å². The third-order valence-electron chi connectivity index (χ3n) is 3.30. The molecule has 0 radical (unpaired) electrons. The van der Waals surface area contributed by atoms with Crippen LogP contribution in [0, 0.1) is 0 Å². The van der Waals surface area contributed by atoms with Crippen LogP contribution < -0.4 is 5.32 Å². The van der Waals surface area contributed by atoms with Gasteiger partial charge < -0.3 is 10.1 Å². The van der Waals surface area contributed by atoms with Crippen LogP contribution in [0.15, 0.2) is 30.5 Å². The molecule has 1 aromatic heterocycles. The third kappa shape index (κ3) is 2.34. The molecule has 0 spiro atoms. The summed E-state index contributed by atoms with van der Waals surface area (Å²) in [5, 5.41) is 5.39. The molecule has 1 saturated heterocycles. The number of rotatable bonds is 1. The summed E-state index contributed by atoms with van der Waals surface area (Å²) in [5.74, 6) is 0.